The number of carbonyl (C=O) groups is 1. The molecule has 0 saturated carbocycles. The Morgan fingerprint density at radius 2 is 1.89 bits per heavy atom. The van der Waals surface area contributed by atoms with E-state index in [-0.39, 0.29) is 11.9 Å². The molecule has 0 aliphatic carbocycles. The minimum absolute atomic E-state index is 0.198. The normalized spacial score (nSPS) is 13.8. The molecule has 100 valence electrons. The first-order valence-corrected chi connectivity index (χ1v) is 6.25. The summed E-state index contributed by atoms with van der Waals surface area (Å²) in [5.74, 6) is 1.34. The fraction of sp³-hybridized carbons (Fsp3) is 0.267. The summed E-state index contributed by atoms with van der Waals surface area (Å²) in [7, 11) is 0. The molecule has 2 rings (SSSR count). The van der Waals surface area contributed by atoms with E-state index in [1.165, 1.54) is 0 Å². The number of rotatable bonds is 4. The van der Waals surface area contributed by atoms with Gasteiger partial charge in [-0.25, -0.2) is 0 Å². The standard InChI is InChI=1S/C15H18N2O2/c1-10-8-9-13(19-10)11(2)17-15(18)14(16)12-6-4-3-5-7-12/h3-9,11,14H,16H2,1-2H3,(H,17,18)/t11?,14-/m0/s1. The predicted octanol–water partition coefficient (Wildman–Crippen LogP) is 2.47. The van der Waals surface area contributed by atoms with Gasteiger partial charge >= 0.3 is 0 Å². The summed E-state index contributed by atoms with van der Waals surface area (Å²) in [6.45, 7) is 3.74. The highest BCUT2D eigenvalue weighted by Crippen LogP contribution is 2.17. The molecule has 1 aromatic carbocycles. The minimum atomic E-state index is -0.667. The zero-order chi connectivity index (χ0) is 13.8. The van der Waals surface area contributed by atoms with E-state index in [1.807, 2.05) is 56.3 Å². The number of nitrogens with one attached hydrogen (secondary N) is 1. The van der Waals surface area contributed by atoms with Crippen molar-refractivity contribution in [1.29, 1.82) is 0 Å². The van der Waals surface area contributed by atoms with E-state index in [1.54, 1.807) is 0 Å². The first-order valence-electron chi connectivity index (χ1n) is 6.25. The van der Waals surface area contributed by atoms with E-state index < -0.39 is 6.04 Å². The number of hydrogen-bond donors (Lipinski definition) is 2. The maximum Gasteiger partial charge on any atom is 0.242 e. The fourth-order valence-corrected chi connectivity index (χ4v) is 1.87. The number of nitrogens with two attached hydrogens (primary N) is 1. The van der Waals surface area contributed by atoms with Gasteiger partial charge < -0.3 is 15.5 Å². The third-order valence-electron chi connectivity index (χ3n) is 2.99. The molecule has 3 N–H and O–H groups in total. The largest absolute Gasteiger partial charge is 0.464 e. The molecule has 0 aliphatic rings. The predicted molar refractivity (Wildman–Crippen MR) is 73.4 cm³/mol. The van der Waals surface area contributed by atoms with Crippen LogP contribution in [0.5, 0.6) is 0 Å². The molecule has 1 unspecified atom stereocenters. The van der Waals surface area contributed by atoms with Gasteiger partial charge in [-0.3, -0.25) is 4.79 Å². The van der Waals surface area contributed by atoms with E-state index in [9.17, 15) is 4.79 Å². The van der Waals surface area contributed by atoms with Gasteiger partial charge in [-0.1, -0.05) is 30.3 Å². The van der Waals surface area contributed by atoms with Crippen LogP contribution in [0.25, 0.3) is 0 Å². The van der Waals surface area contributed by atoms with E-state index >= 15 is 0 Å². The number of amides is 1. The maximum atomic E-state index is 12.1. The molecule has 0 aliphatic heterocycles. The molecule has 4 heteroatoms. The van der Waals surface area contributed by atoms with Crippen molar-refractivity contribution in [1.82, 2.24) is 5.32 Å². The molecule has 19 heavy (non-hydrogen) atoms. The van der Waals surface area contributed by atoms with Crippen molar-refractivity contribution in [3.8, 4) is 0 Å². The van der Waals surface area contributed by atoms with Crippen molar-refractivity contribution in [2.45, 2.75) is 25.9 Å². The molecular weight excluding hydrogens is 240 g/mol. The summed E-state index contributed by atoms with van der Waals surface area (Å²) in [4.78, 5) is 12.1. The highest BCUT2D eigenvalue weighted by atomic mass is 16.3. The Balaban J connectivity index is 2.01. The number of hydrogen-bond acceptors (Lipinski definition) is 3. The van der Waals surface area contributed by atoms with Crippen molar-refractivity contribution in [2.24, 2.45) is 5.73 Å². The average Bonchev–Trinajstić information content (AvgIpc) is 2.85. The number of carbonyl (C=O) groups excluding carboxylic acids is 1. The van der Waals surface area contributed by atoms with E-state index in [0.717, 1.165) is 17.1 Å². The van der Waals surface area contributed by atoms with Gasteiger partial charge in [0.25, 0.3) is 0 Å². The van der Waals surface area contributed by atoms with Crippen molar-refractivity contribution in [2.75, 3.05) is 0 Å². The molecular formula is C15H18N2O2. The smallest absolute Gasteiger partial charge is 0.242 e. The van der Waals surface area contributed by atoms with Crippen molar-refractivity contribution >= 4 is 5.91 Å². The molecule has 2 aromatic rings. The molecule has 4 nitrogen and oxygen atoms in total. The second-order valence-electron chi connectivity index (χ2n) is 4.57. The SMILES string of the molecule is Cc1ccc(C(C)NC(=O)[C@@H](N)c2ccccc2)o1. The van der Waals surface area contributed by atoms with Gasteiger partial charge in [0.2, 0.25) is 5.91 Å². The summed E-state index contributed by atoms with van der Waals surface area (Å²) in [5, 5.41) is 2.85. The van der Waals surface area contributed by atoms with Gasteiger partial charge in [0.15, 0.2) is 0 Å². The molecule has 1 heterocycles. The molecule has 1 aromatic heterocycles. The molecule has 1 amide bonds. The third-order valence-corrected chi connectivity index (χ3v) is 2.99. The minimum Gasteiger partial charge on any atom is -0.464 e. The van der Waals surface area contributed by atoms with Gasteiger partial charge in [0, 0.05) is 0 Å². The molecule has 2 atom stereocenters. The fourth-order valence-electron chi connectivity index (χ4n) is 1.87. The monoisotopic (exact) mass is 258 g/mol. The Morgan fingerprint density at radius 1 is 1.21 bits per heavy atom. The Morgan fingerprint density at radius 3 is 2.47 bits per heavy atom. The van der Waals surface area contributed by atoms with Crippen LogP contribution in [0.4, 0.5) is 0 Å². The molecule has 0 bridgehead atoms. The molecule has 0 saturated heterocycles. The summed E-state index contributed by atoms with van der Waals surface area (Å²) < 4.78 is 5.48. The zero-order valence-corrected chi connectivity index (χ0v) is 11.1. The van der Waals surface area contributed by atoms with Gasteiger partial charge in [0.05, 0.1) is 6.04 Å². The van der Waals surface area contributed by atoms with Crippen LogP contribution in [-0.2, 0) is 4.79 Å². The summed E-state index contributed by atoms with van der Waals surface area (Å²) in [6.07, 6.45) is 0. The van der Waals surface area contributed by atoms with Crippen LogP contribution in [0.1, 0.15) is 36.1 Å². The lowest BCUT2D eigenvalue weighted by Crippen LogP contribution is -2.35. The van der Waals surface area contributed by atoms with Crippen molar-refractivity contribution in [3.63, 3.8) is 0 Å². The Hall–Kier alpha value is -2.07. The summed E-state index contributed by atoms with van der Waals surface area (Å²) >= 11 is 0. The maximum absolute atomic E-state index is 12.1. The second-order valence-corrected chi connectivity index (χ2v) is 4.57. The first-order chi connectivity index (χ1) is 9.08. The third kappa shape index (κ3) is 3.23. The molecule has 0 radical (unpaired) electrons. The van der Waals surface area contributed by atoms with Crippen LogP contribution in [0, 0.1) is 6.92 Å². The molecule has 0 fully saturated rings. The lowest BCUT2D eigenvalue weighted by atomic mass is 10.1. The lowest BCUT2D eigenvalue weighted by molar-refractivity contribution is -0.123. The van der Waals surface area contributed by atoms with E-state index in [4.69, 9.17) is 10.2 Å². The summed E-state index contributed by atoms with van der Waals surface area (Å²) in [6, 6.07) is 12.2. The van der Waals surface area contributed by atoms with Crippen LogP contribution >= 0.6 is 0 Å². The number of furan rings is 1. The van der Waals surface area contributed by atoms with Crippen LogP contribution in [0.3, 0.4) is 0 Å². The van der Waals surface area contributed by atoms with Gasteiger partial charge in [-0.2, -0.15) is 0 Å². The highest BCUT2D eigenvalue weighted by molar-refractivity contribution is 5.83. The zero-order valence-electron chi connectivity index (χ0n) is 11.1. The van der Waals surface area contributed by atoms with Crippen molar-refractivity contribution in [3.05, 3.63) is 59.5 Å². The van der Waals surface area contributed by atoms with Crippen LogP contribution in [-0.4, -0.2) is 5.91 Å². The number of benzene rings is 1. The van der Waals surface area contributed by atoms with Crippen molar-refractivity contribution < 1.29 is 9.21 Å². The van der Waals surface area contributed by atoms with Gasteiger partial charge in [-0.05, 0) is 31.5 Å². The number of aryl methyl sites for hydroxylation is 1. The molecule has 0 spiro atoms. The second kappa shape index (κ2) is 5.71. The Labute approximate surface area is 112 Å². The van der Waals surface area contributed by atoms with Gasteiger partial charge in [0.1, 0.15) is 17.6 Å². The Bertz CT molecular complexity index is 548. The topological polar surface area (TPSA) is 68.3 Å². The average molecular weight is 258 g/mol. The summed E-state index contributed by atoms with van der Waals surface area (Å²) in [5.41, 5.74) is 6.72. The lowest BCUT2D eigenvalue weighted by Gasteiger charge is -2.16. The Kier molecular flexibility index (Phi) is 4.02. The van der Waals surface area contributed by atoms with E-state index in [2.05, 4.69) is 5.32 Å². The van der Waals surface area contributed by atoms with Crippen LogP contribution < -0.4 is 11.1 Å². The van der Waals surface area contributed by atoms with Crippen LogP contribution in [0.15, 0.2) is 46.9 Å². The van der Waals surface area contributed by atoms with Gasteiger partial charge in [-0.15, -0.1) is 0 Å². The quantitative estimate of drug-likeness (QED) is 0.885. The van der Waals surface area contributed by atoms with Crippen LogP contribution in [0.2, 0.25) is 0 Å². The van der Waals surface area contributed by atoms with E-state index in [0.29, 0.717) is 0 Å². The highest BCUT2D eigenvalue weighted by Gasteiger charge is 2.19. The first kappa shape index (κ1) is 13.4.